The zero-order valence-corrected chi connectivity index (χ0v) is 14.8. The van der Waals surface area contributed by atoms with E-state index >= 15 is 0 Å². The fourth-order valence-corrected chi connectivity index (χ4v) is 3.28. The first-order valence-corrected chi connectivity index (χ1v) is 9.04. The summed E-state index contributed by atoms with van der Waals surface area (Å²) >= 11 is 0. The lowest BCUT2D eigenvalue weighted by Gasteiger charge is -2.31. The summed E-state index contributed by atoms with van der Waals surface area (Å²) in [7, 11) is 0. The fraction of sp³-hybridized carbons (Fsp3) is 0.450. The Kier molecular flexibility index (Phi) is 6.12. The largest absolute Gasteiger partial charge is 0.333 e. The van der Waals surface area contributed by atoms with Crippen LogP contribution in [0.3, 0.4) is 0 Å². The first-order chi connectivity index (χ1) is 12.2. The van der Waals surface area contributed by atoms with Crippen LogP contribution in [0.15, 0.2) is 42.7 Å². The van der Waals surface area contributed by atoms with Gasteiger partial charge in [0.15, 0.2) is 0 Å². The summed E-state index contributed by atoms with van der Waals surface area (Å²) in [5.41, 5.74) is 2.87. The van der Waals surface area contributed by atoms with Gasteiger partial charge in [0.05, 0.1) is 18.7 Å². The molecule has 1 N–H and O–H groups in total. The smallest absolute Gasteiger partial charge is 0.227 e. The Morgan fingerprint density at radius 1 is 1.20 bits per heavy atom. The molecule has 0 unspecified atom stereocenters. The highest BCUT2D eigenvalue weighted by Gasteiger charge is 2.25. The summed E-state index contributed by atoms with van der Waals surface area (Å²) in [6.45, 7) is 4.52. The molecule has 0 radical (unpaired) electrons. The summed E-state index contributed by atoms with van der Waals surface area (Å²) in [5.74, 6) is 0.156. The first kappa shape index (κ1) is 17.5. The number of amides is 1. The van der Waals surface area contributed by atoms with Crippen molar-refractivity contribution in [1.82, 2.24) is 20.2 Å². The van der Waals surface area contributed by atoms with E-state index in [2.05, 4.69) is 15.3 Å². The quantitative estimate of drug-likeness (QED) is 0.910. The highest BCUT2D eigenvalue weighted by atomic mass is 16.2. The number of aryl methyl sites for hydroxylation is 1. The van der Waals surface area contributed by atoms with Crippen LogP contribution in [0.1, 0.15) is 36.2 Å². The molecule has 0 spiro atoms. The van der Waals surface area contributed by atoms with Crippen LogP contribution in [0.2, 0.25) is 0 Å². The maximum absolute atomic E-state index is 13.1. The van der Waals surface area contributed by atoms with Crippen LogP contribution in [-0.2, 0) is 17.8 Å². The Balaban J connectivity index is 1.76. The van der Waals surface area contributed by atoms with E-state index in [1.807, 2.05) is 42.2 Å². The van der Waals surface area contributed by atoms with E-state index < -0.39 is 0 Å². The summed E-state index contributed by atoms with van der Waals surface area (Å²) in [6, 6.07) is 10.1. The molecule has 1 aliphatic heterocycles. The molecule has 2 aromatic rings. The number of hydrogen-bond donors (Lipinski definition) is 1. The number of pyridine rings is 2. The second kappa shape index (κ2) is 8.72. The SMILES string of the molecule is Cc1ccc(CC(=O)N(Cc2ccccn2)[C@H]2CCCNCC2)cn1. The predicted molar refractivity (Wildman–Crippen MR) is 98.0 cm³/mol. The highest BCUT2D eigenvalue weighted by molar-refractivity contribution is 5.79. The minimum Gasteiger partial charge on any atom is -0.333 e. The van der Waals surface area contributed by atoms with Crippen LogP contribution in [0, 0.1) is 6.92 Å². The molecule has 3 rings (SSSR count). The summed E-state index contributed by atoms with van der Waals surface area (Å²) < 4.78 is 0. The molecule has 25 heavy (non-hydrogen) atoms. The van der Waals surface area contributed by atoms with Crippen molar-refractivity contribution in [3.8, 4) is 0 Å². The van der Waals surface area contributed by atoms with Gasteiger partial charge in [-0.25, -0.2) is 0 Å². The van der Waals surface area contributed by atoms with E-state index in [9.17, 15) is 4.79 Å². The summed E-state index contributed by atoms with van der Waals surface area (Å²) in [4.78, 5) is 23.8. The van der Waals surface area contributed by atoms with Crippen LogP contribution in [-0.4, -0.2) is 39.9 Å². The van der Waals surface area contributed by atoms with E-state index in [0.29, 0.717) is 13.0 Å². The third kappa shape index (κ3) is 5.10. The van der Waals surface area contributed by atoms with Gasteiger partial charge in [0.1, 0.15) is 0 Å². The van der Waals surface area contributed by atoms with Crippen molar-refractivity contribution in [2.24, 2.45) is 0 Å². The minimum atomic E-state index is 0.156. The normalized spacial score (nSPS) is 17.7. The number of nitrogens with one attached hydrogen (secondary N) is 1. The standard InChI is InChI=1S/C20H26N4O/c1-16-7-8-17(14-23-16)13-20(25)24(15-18-5-2-3-11-22-18)19-6-4-10-21-12-9-19/h2-3,5,7-8,11,14,19,21H,4,6,9-10,12-13,15H2,1H3/t19-/m0/s1. The molecule has 1 fully saturated rings. The number of nitrogens with zero attached hydrogens (tertiary/aromatic N) is 3. The molecule has 0 saturated carbocycles. The number of carbonyl (C=O) groups is 1. The van der Waals surface area contributed by atoms with Gasteiger partial charge in [-0.2, -0.15) is 0 Å². The third-order valence-corrected chi connectivity index (χ3v) is 4.69. The molecular formula is C20H26N4O. The van der Waals surface area contributed by atoms with Gasteiger partial charge in [0.2, 0.25) is 5.91 Å². The molecule has 0 aliphatic carbocycles. The average molecular weight is 338 g/mol. The number of rotatable bonds is 5. The van der Waals surface area contributed by atoms with E-state index in [0.717, 1.165) is 49.3 Å². The zero-order valence-electron chi connectivity index (χ0n) is 14.8. The summed E-state index contributed by atoms with van der Waals surface area (Å²) in [5, 5.41) is 3.43. The molecule has 3 heterocycles. The van der Waals surface area contributed by atoms with E-state index in [1.54, 1.807) is 12.4 Å². The predicted octanol–water partition coefficient (Wildman–Crippen LogP) is 2.50. The second-order valence-electron chi connectivity index (χ2n) is 6.66. The highest BCUT2D eigenvalue weighted by Crippen LogP contribution is 2.18. The average Bonchev–Trinajstić information content (AvgIpc) is 2.92. The monoisotopic (exact) mass is 338 g/mol. The van der Waals surface area contributed by atoms with Gasteiger partial charge < -0.3 is 10.2 Å². The summed E-state index contributed by atoms with van der Waals surface area (Å²) in [6.07, 6.45) is 7.12. The molecule has 0 aromatic carbocycles. The maximum atomic E-state index is 13.1. The first-order valence-electron chi connectivity index (χ1n) is 9.04. The van der Waals surface area contributed by atoms with Crippen molar-refractivity contribution in [2.75, 3.05) is 13.1 Å². The van der Waals surface area contributed by atoms with Crippen molar-refractivity contribution in [3.05, 3.63) is 59.7 Å². The van der Waals surface area contributed by atoms with Crippen molar-refractivity contribution in [1.29, 1.82) is 0 Å². The zero-order chi connectivity index (χ0) is 17.5. The molecule has 0 bridgehead atoms. The van der Waals surface area contributed by atoms with Gasteiger partial charge in [-0.15, -0.1) is 0 Å². The molecule has 5 heteroatoms. The Bertz CT molecular complexity index is 664. The fourth-order valence-electron chi connectivity index (χ4n) is 3.28. The lowest BCUT2D eigenvalue weighted by atomic mass is 10.0. The third-order valence-electron chi connectivity index (χ3n) is 4.69. The van der Waals surface area contributed by atoms with Gasteiger partial charge in [0, 0.05) is 24.1 Å². The lowest BCUT2D eigenvalue weighted by Crippen LogP contribution is -2.41. The van der Waals surface area contributed by atoms with Crippen molar-refractivity contribution >= 4 is 5.91 Å². The van der Waals surface area contributed by atoms with Gasteiger partial charge in [-0.3, -0.25) is 14.8 Å². The van der Waals surface area contributed by atoms with Crippen molar-refractivity contribution < 1.29 is 4.79 Å². The van der Waals surface area contributed by atoms with E-state index in [1.165, 1.54) is 0 Å². The Labute approximate surface area is 149 Å². The van der Waals surface area contributed by atoms with Crippen LogP contribution >= 0.6 is 0 Å². The lowest BCUT2D eigenvalue weighted by molar-refractivity contribution is -0.133. The van der Waals surface area contributed by atoms with Crippen molar-refractivity contribution in [2.45, 2.75) is 45.2 Å². The van der Waals surface area contributed by atoms with E-state index in [-0.39, 0.29) is 11.9 Å². The molecule has 1 aliphatic rings. The molecule has 5 nitrogen and oxygen atoms in total. The van der Waals surface area contributed by atoms with Crippen LogP contribution in [0.5, 0.6) is 0 Å². The van der Waals surface area contributed by atoms with Gasteiger partial charge in [-0.1, -0.05) is 12.1 Å². The van der Waals surface area contributed by atoms with Crippen LogP contribution in [0.4, 0.5) is 0 Å². The number of hydrogen-bond acceptors (Lipinski definition) is 4. The second-order valence-corrected chi connectivity index (χ2v) is 6.66. The van der Waals surface area contributed by atoms with E-state index in [4.69, 9.17) is 0 Å². The van der Waals surface area contributed by atoms with Crippen LogP contribution in [0.25, 0.3) is 0 Å². The van der Waals surface area contributed by atoms with Gasteiger partial charge in [-0.05, 0) is 63.0 Å². The van der Waals surface area contributed by atoms with Crippen LogP contribution < -0.4 is 5.32 Å². The Morgan fingerprint density at radius 2 is 2.12 bits per heavy atom. The van der Waals surface area contributed by atoms with Crippen molar-refractivity contribution in [3.63, 3.8) is 0 Å². The molecule has 132 valence electrons. The Hall–Kier alpha value is -2.27. The topological polar surface area (TPSA) is 58.1 Å². The number of aromatic nitrogens is 2. The van der Waals surface area contributed by atoms with Gasteiger partial charge in [0.25, 0.3) is 0 Å². The molecule has 1 atom stereocenters. The van der Waals surface area contributed by atoms with Gasteiger partial charge >= 0.3 is 0 Å². The molecule has 1 saturated heterocycles. The minimum absolute atomic E-state index is 0.156. The number of carbonyl (C=O) groups excluding carboxylic acids is 1. The molecule has 1 amide bonds. The Morgan fingerprint density at radius 3 is 2.88 bits per heavy atom. The maximum Gasteiger partial charge on any atom is 0.227 e. The molecular weight excluding hydrogens is 312 g/mol. The molecule has 2 aromatic heterocycles.